The third-order valence-electron chi connectivity index (χ3n) is 3.32. The van der Waals surface area contributed by atoms with Gasteiger partial charge in [-0.15, -0.1) is 0 Å². The molecule has 0 bridgehead atoms. The molecule has 1 aliphatic carbocycles. The number of nitrogens with zero attached hydrogens (tertiary/aromatic N) is 1. The number of hydrogen-bond acceptors (Lipinski definition) is 3. The molecule has 0 spiro atoms. The van der Waals surface area contributed by atoms with Crippen molar-refractivity contribution in [2.45, 2.75) is 31.8 Å². The van der Waals surface area contributed by atoms with Crippen molar-refractivity contribution >= 4 is 11.9 Å². The van der Waals surface area contributed by atoms with Crippen LogP contribution in [0.3, 0.4) is 0 Å². The number of carbonyl (C=O) groups excluding carboxylic acids is 1. The smallest absolute Gasteiger partial charge is 0.319 e. The van der Waals surface area contributed by atoms with E-state index in [2.05, 4.69) is 0 Å². The van der Waals surface area contributed by atoms with Gasteiger partial charge in [-0.2, -0.15) is 0 Å². The van der Waals surface area contributed by atoms with Crippen molar-refractivity contribution in [3.8, 4) is 0 Å². The highest BCUT2D eigenvalue weighted by atomic mass is 16.4. The molecule has 0 atom stereocenters. The summed E-state index contributed by atoms with van der Waals surface area (Å²) in [5, 5.41) is 18.2. The predicted octanol–water partition coefficient (Wildman–Crippen LogP) is -0.166. The summed E-state index contributed by atoms with van der Waals surface area (Å²) in [4.78, 5) is 24.4. The molecule has 2 aliphatic rings. The Balaban J connectivity index is 2.00. The molecule has 1 amide bonds. The van der Waals surface area contributed by atoms with Crippen LogP contribution < -0.4 is 0 Å². The Morgan fingerprint density at radius 1 is 1.20 bits per heavy atom. The summed E-state index contributed by atoms with van der Waals surface area (Å²) >= 11 is 0. The maximum atomic E-state index is 11.9. The zero-order valence-corrected chi connectivity index (χ0v) is 8.48. The lowest BCUT2D eigenvalue weighted by Crippen LogP contribution is -2.45. The first-order valence-electron chi connectivity index (χ1n) is 5.27. The summed E-state index contributed by atoms with van der Waals surface area (Å²) in [6, 6.07) is 0. The lowest BCUT2D eigenvalue weighted by molar-refractivity contribution is -0.154. The van der Waals surface area contributed by atoms with Crippen LogP contribution in [0.5, 0.6) is 0 Å². The van der Waals surface area contributed by atoms with Gasteiger partial charge in [0.15, 0.2) is 0 Å². The number of hydrogen-bond donors (Lipinski definition) is 2. The van der Waals surface area contributed by atoms with Gasteiger partial charge in [-0.05, 0) is 25.7 Å². The molecule has 1 aliphatic heterocycles. The van der Waals surface area contributed by atoms with E-state index in [4.69, 9.17) is 5.11 Å². The van der Waals surface area contributed by atoms with E-state index in [0.717, 1.165) is 0 Å². The van der Waals surface area contributed by atoms with E-state index in [-0.39, 0.29) is 12.0 Å². The van der Waals surface area contributed by atoms with Crippen LogP contribution in [0.15, 0.2) is 0 Å². The van der Waals surface area contributed by atoms with Crippen molar-refractivity contribution in [2.24, 2.45) is 5.41 Å². The van der Waals surface area contributed by atoms with E-state index >= 15 is 0 Å². The second kappa shape index (κ2) is 3.48. The molecule has 0 aromatic heterocycles. The Kier molecular flexibility index (Phi) is 2.42. The molecule has 2 N–H and O–H groups in total. The van der Waals surface area contributed by atoms with E-state index in [9.17, 15) is 14.7 Å². The standard InChI is InChI=1S/C10H15NO4/c12-7-1-5-11(6-2-7)8(13)10(3-4-10)9(14)15/h7,12H,1-6H2,(H,14,15). The average Bonchev–Trinajstić information content (AvgIpc) is 2.98. The molecule has 2 fully saturated rings. The van der Waals surface area contributed by atoms with Gasteiger partial charge in [0.2, 0.25) is 5.91 Å². The van der Waals surface area contributed by atoms with Gasteiger partial charge < -0.3 is 15.1 Å². The maximum Gasteiger partial charge on any atom is 0.319 e. The van der Waals surface area contributed by atoms with Crippen molar-refractivity contribution in [3.63, 3.8) is 0 Å². The Morgan fingerprint density at radius 3 is 2.13 bits per heavy atom. The molecular formula is C10H15NO4. The molecule has 1 saturated carbocycles. The van der Waals surface area contributed by atoms with Crippen molar-refractivity contribution < 1.29 is 19.8 Å². The molecule has 0 aromatic carbocycles. The number of piperidine rings is 1. The molecule has 84 valence electrons. The molecular weight excluding hydrogens is 198 g/mol. The van der Waals surface area contributed by atoms with Gasteiger partial charge in [0.05, 0.1) is 6.10 Å². The van der Waals surface area contributed by atoms with Crippen molar-refractivity contribution in [3.05, 3.63) is 0 Å². The summed E-state index contributed by atoms with van der Waals surface area (Å²) in [6.07, 6.45) is 1.69. The highest BCUT2D eigenvalue weighted by Crippen LogP contribution is 2.47. The summed E-state index contributed by atoms with van der Waals surface area (Å²) in [5.41, 5.74) is -1.12. The van der Waals surface area contributed by atoms with Gasteiger partial charge in [0.25, 0.3) is 0 Å². The molecule has 1 heterocycles. The Morgan fingerprint density at radius 2 is 1.73 bits per heavy atom. The molecule has 0 unspecified atom stereocenters. The molecule has 15 heavy (non-hydrogen) atoms. The van der Waals surface area contributed by atoms with E-state index in [1.54, 1.807) is 4.90 Å². The second-order valence-electron chi connectivity index (χ2n) is 4.41. The second-order valence-corrected chi connectivity index (χ2v) is 4.41. The maximum absolute atomic E-state index is 11.9. The van der Waals surface area contributed by atoms with E-state index in [0.29, 0.717) is 38.8 Å². The Bertz CT molecular complexity index is 290. The number of carbonyl (C=O) groups is 2. The lowest BCUT2D eigenvalue weighted by atomic mass is 10.0. The van der Waals surface area contributed by atoms with Gasteiger partial charge in [-0.3, -0.25) is 9.59 Å². The fourth-order valence-electron chi connectivity index (χ4n) is 2.02. The molecule has 5 nitrogen and oxygen atoms in total. The third-order valence-corrected chi connectivity index (χ3v) is 3.32. The number of rotatable bonds is 2. The average molecular weight is 213 g/mol. The normalized spacial score (nSPS) is 25.0. The number of carboxylic acid groups (broad SMARTS) is 1. The Labute approximate surface area is 87.7 Å². The van der Waals surface area contributed by atoms with E-state index in [1.807, 2.05) is 0 Å². The predicted molar refractivity (Wildman–Crippen MR) is 51.1 cm³/mol. The van der Waals surface area contributed by atoms with Crippen molar-refractivity contribution in [1.82, 2.24) is 4.90 Å². The molecule has 1 saturated heterocycles. The Hall–Kier alpha value is -1.10. The highest BCUT2D eigenvalue weighted by molar-refractivity contribution is 6.04. The molecule has 0 radical (unpaired) electrons. The minimum absolute atomic E-state index is 0.262. The molecule has 0 aromatic rings. The minimum Gasteiger partial charge on any atom is -0.480 e. The zero-order chi connectivity index (χ0) is 11.1. The van der Waals surface area contributed by atoms with E-state index < -0.39 is 11.4 Å². The number of carboxylic acids is 1. The van der Waals surface area contributed by atoms with Crippen LogP contribution in [0.25, 0.3) is 0 Å². The van der Waals surface area contributed by atoms with Gasteiger partial charge >= 0.3 is 5.97 Å². The number of aliphatic hydroxyl groups is 1. The van der Waals surface area contributed by atoms with Crippen LogP contribution >= 0.6 is 0 Å². The summed E-state index contributed by atoms with van der Waals surface area (Å²) in [5.74, 6) is -1.26. The van der Waals surface area contributed by atoms with Crippen LogP contribution in [-0.2, 0) is 9.59 Å². The molecule has 2 rings (SSSR count). The molecule has 5 heteroatoms. The van der Waals surface area contributed by atoms with Gasteiger partial charge in [-0.1, -0.05) is 0 Å². The van der Waals surface area contributed by atoms with Crippen LogP contribution in [0.2, 0.25) is 0 Å². The van der Waals surface area contributed by atoms with Crippen LogP contribution in [0, 0.1) is 5.41 Å². The topological polar surface area (TPSA) is 77.8 Å². The first-order valence-corrected chi connectivity index (χ1v) is 5.27. The summed E-state index contributed by atoms with van der Waals surface area (Å²) < 4.78 is 0. The monoisotopic (exact) mass is 213 g/mol. The number of amides is 1. The SMILES string of the molecule is O=C(O)C1(C(=O)N2CCC(O)CC2)CC1. The van der Waals surface area contributed by atoms with Gasteiger partial charge in [-0.25, -0.2) is 0 Å². The van der Waals surface area contributed by atoms with Gasteiger partial charge in [0.1, 0.15) is 5.41 Å². The largest absolute Gasteiger partial charge is 0.480 e. The summed E-state index contributed by atoms with van der Waals surface area (Å²) in [7, 11) is 0. The zero-order valence-electron chi connectivity index (χ0n) is 8.48. The quantitative estimate of drug-likeness (QED) is 0.624. The number of aliphatic hydroxyl groups excluding tert-OH is 1. The number of aliphatic carboxylic acids is 1. The third kappa shape index (κ3) is 1.71. The van der Waals surface area contributed by atoms with E-state index in [1.165, 1.54) is 0 Å². The minimum atomic E-state index is -1.12. The first-order chi connectivity index (χ1) is 7.06. The lowest BCUT2D eigenvalue weighted by Gasteiger charge is -2.31. The fourth-order valence-corrected chi connectivity index (χ4v) is 2.02. The van der Waals surface area contributed by atoms with Crippen LogP contribution in [0.4, 0.5) is 0 Å². The summed E-state index contributed by atoms with van der Waals surface area (Å²) in [6.45, 7) is 0.962. The first kappa shape index (κ1) is 10.4. The van der Waals surface area contributed by atoms with Crippen molar-refractivity contribution in [1.29, 1.82) is 0 Å². The fraction of sp³-hybridized carbons (Fsp3) is 0.800. The van der Waals surface area contributed by atoms with Crippen molar-refractivity contribution in [2.75, 3.05) is 13.1 Å². The number of likely N-dealkylation sites (tertiary alicyclic amines) is 1. The van der Waals surface area contributed by atoms with Gasteiger partial charge in [0, 0.05) is 13.1 Å². The van der Waals surface area contributed by atoms with Crippen LogP contribution in [-0.4, -0.2) is 46.2 Å². The highest BCUT2D eigenvalue weighted by Gasteiger charge is 2.58. The van der Waals surface area contributed by atoms with Crippen LogP contribution in [0.1, 0.15) is 25.7 Å².